The van der Waals surface area contributed by atoms with Gasteiger partial charge in [0.15, 0.2) is 11.5 Å². The first-order valence-electron chi connectivity index (χ1n) is 10.5. The van der Waals surface area contributed by atoms with Crippen molar-refractivity contribution in [3.8, 4) is 17.6 Å². The monoisotopic (exact) mass is 454 g/mol. The van der Waals surface area contributed by atoms with Gasteiger partial charge in [-0.25, -0.2) is 0 Å². The Bertz CT molecular complexity index is 1350. The van der Waals surface area contributed by atoms with Crippen LogP contribution in [0.2, 0.25) is 0 Å². The summed E-state index contributed by atoms with van der Waals surface area (Å²) in [6.45, 7) is 1.88. The smallest absolute Gasteiger partial charge is 0.300 e. The fraction of sp³-hybridized carbons (Fsp3) is 0.148. The predicted octanol–water partition coefficient (Wildman–Crippen LogP) is 4.51. The molecule has 0 aromatic heterocycles. The molecule has 170 valence electrons. The lowest BCUT2D eigenvalue weighted by atomic mass is 9.92. The topological polar surface area (TPSA) is 99.9 Å². The standard InChI is InChI=1S/C27H22N2O5/c1-16-6-4-5-7-20(16)24-23(25(30)18-10-13-21(33-2)22(14-18)34-3)26(31)27(32)29(24)19-11-8-17(15-28)9-12-19/h4-14,24,30H,1-3H3/b25-23+. The zero-order valence-corrected chi connectivity index (χ0v) is 18.9. The Morgan fingerprint density at radius 3 is 2.26 bits per heavy atom. The molecule has 4 rings (SSSR count). The van der Waals surface area contributed by atoms with Crippen LogP contribution >= 0.6 is 0 Å². The maximum Gasteiger partial charge on any atom is 0.300 e. The molecule has 0 saturated carbocycles. The number of aryl methyl sites for hydroxylation is 1. The summed E-state index contributed by atoms with van der Waals surface area (Å²) in [7, 11) is 2.97. The average molecular weight is 454 g/mol. The van der Waals surface area contributed by atoms with Gasteiger partial charge in [-0.05, 0) is 60.5 Å². The van der Waals surface area contributed by atoms with E-state index >= 15 is 0 Å². The number of ketones is 1. The van der Waals surface area contributed by atoms with Gasteiger partial charge in [-0.2, -0.15) is 5.26 Å². The van der Waals surface area contributed by atoms with Crippen LogP contribution in [-0.4, -0.2) is 31.0 Å². The number of anilines is 1. The van der Waals surface area contributed by atoms with Crippen LogP contribution < -0.4 is 14.4 Å². The van der Waals surface area contributed by atoms with E-state index in [1.165, 1.54) is 19.1 Å². The van der Waals surface area contributed by atoms with E-state index in [4.69, 9.17) is 14.7 Å². The number of benzene rings is 3. The van der Waals surface area contributed by atoms with Crippen LogP contribution in [-0.2, 0) is 9.59 Å². The van der Waals surface area contributed by atoms with Crippen LogP contribution in [0.25, 0.3) is 5.76 Å². The molecule has 0 aliphatic carbocycles. The molecule has 1 unspecified atom stereocenters. The highest BCUT2D eigenvalue weighted by atomic mass is 16.5. The molecule has 1 amide bonds. The van der Waals surface area contributed by atoms with Crippen LogP contribution in [0, 0.1) is 18.3 Å². The minimum absolute atomic E-state index is 0.0316. The van der Waals surface area contributed by atoms with Crippen molar-refractivity contribution in [3.05, 3.63) is 94.6 Å². The first kappa shape index (κ1) is 22.6. The second-order valence-corrected chi connectivity index (χ2v) is 7.75. The van der Waals surface area contributed by atoms with Crippen molar-refractivity contribution in [2.45, 2.75) is 13.0 Å². The molecule has 0 spiro atoms. The summed E-state index contributed by atoms with van der Waals surface area (Å²) in [6, 6.07) is 19.7. The number of aliphatic hydroxyl groups excluding tert-OH is 1. The lowest BCUT2D eigenvalue weighted by Crippen LogP contribution is -2.29. The second-order valence-electron chi connectivity index (χ2n) is 7.75. The van der Waals surface area contributed by atoms with Gasteiger partial charge in [0.05, 0.1) is 37.5 Å². The summed E-state index contributed by atoms with van der Waals surface area (Å²) in [6.07, 6.45) is 0. The maximum atomic E-state index is 13.3. The highest BCUT2D eigenvalue weighted by Crippen LogP contribution is 2.43. The van der Waals surface area contributed by atoms with Gasteiger partial charge in [-0.1, -0.05) is 24.3 Å². The highest BCUT2D eigenvalue weighted by Gasteiger charge is 2.47. The summed E-state index contributed by atoms with van der Waals surface area (Å²) in [5.41, 5.74) is 2.71. The Morgan fingerprint density at radius 2 is 1.65 bits per heavy atom. The zero-order valence-electron chi connectivity index (χ0n) is 18.9. The van der Waals surface area contributed by atoms with Crippen LogP contribution in [0.4, 0.5) is 5.69 Å². The number of hydrogen-bond donors (Lipinski definition) is 1. The number of methoxy groups -OCH3 is 2. The summed E-state index contributed by atoms with van der Waals surface area (Å²) in [4.78, 5) is 27.9. The zero-order chi connectivity index (χ0) is 24.4. The summed E-state index contributed by atoms with van der Waals surface area (Å²) < 4.78 is 10.6. The van der Waals surface area contributed by atoms with Gasteiger partial charge >= 0.3 is 0 Å². The summed E-state index contributed by atoms with van der Waals surface area (Å²) in [5, 5.41) is 20.4. The van der Waals surface area contributed by atoms with Crippen molar-refractivity contribution in [3.63, 3.8) is 0 Å². The van der Waals surface area contributed by atoms with Gasteiger partial charge in [-0.15, -0.1) is 0 Å². The van der Waals surface area contributed by atoms with Crippen molar-refractivity contribution >= 4 is 23.1 Å². The van der Waals surface area contributed by atoms with Crippen LogP contribution in [0.1, 0.15) is 28.3 Å². The average Bonchev–Trinajstić information content (AvgIpc) is 3.13. The van der Waals surface area contributed by atoms with E-state index in [9.17, 15) is 14.7 Å². The number of aliphatic hydroxyl groups is 1. The van der Waals surface area contributed by atoms with Gasteiger partial charge in [0.1, 0.15) is 5.76 Å². The molecule has 1 N–H and O–H groups in total. The molecule has 34 heavy (non-hydrogen) atoms. The molecule has 1 heterocycles. The van der Waals surface area contributed by atoms with E-state index in [0.717, 1.165) is 5.56 Å². The molecule has 0 radical (unpaired) electrons. The quantitative estimate of drug-likeness (QED) is 0.346. The number of amides is 1. The Morgan fingerprint density at radius 1 is 0.971 bits per heavy atom. The Kier molecular flexibility index (Phi) is 6.07. The molecular formula is C27H22N2O5. The maximum absolute atomic E-state index is 13.3. The molecule has 7 nitrogen and oxygen atoms in total. The molecular weight excluding hydrogens is 432 g/mol. The number of Topliss-reactive ketones (excluding diaryl/α,β-unsaturated/α-hetero) is 1. The van der Waals surface area contributed by atoms with Gasteiger partial charge in [-0.3, -0.25) is 14.5 Å². The first-order valence-corrected chi connectivity index (χ1v) is 10.5. The predicted molar refractivity (Wildman–Crippen MR) is 127 cm³/mol. The van der Waals surface area contributed by atoms with E-state index in [2.05, 4.69) is 0 Å². The number of carbonyl (C=O) groups excluding carboxylic acids is 2. The molecule has 7 heteroatoms. The summed E-state index contributed by atoms with van der Waals surface area (Å²) >= 11 is 0. The van der Waals surface area contributed by atoms with E-state index in [0.29, 0.717) is 33.9 Å². The van der Waals surface area contributed by atoms with E-state index in [1.807, 2.05) is 37.3 Å². The van der Waals surface area contributed by atoms with Crippen molar-refractivity contribution in [2.75, 3.05) is 19.1 Å². The third kappa shape index (κ3) is 3.76. The Labute approximate surface area is 197 Å². The minimum Gasteiger partial charge on any atom is -0.507 e. The largest absolute Gasteiger partial charge is 0.507 e. The molecule has 3 aromatic carbocycles. The number of carbonyl (C=O) groups is 2. The lowest BCUT2D eigenvalue weighted by molar-refractivity contribution is -0.132. The fourth-order valence-corrected chi connectivity index (χ4v) is 4.12. The van der Waals surface area contributed by atoms with Gasteiger partial charge in [0, 0.05) is 11.3 Å². The van der Waals surface area contributed by atoms with Crippen molar-refractivity contribution in [2.24, 2.45) is 0 Å². The molecule has 1 saturated heterocycles. The fourth-order valence-electron chi connectivity index (χ4n) is 4.12. The van der Waals surface area contributed by atoms with Crippen LogP contribution in [0.3, 0.4) is 0 Å². The number of hydrogen-bond acceptors (Lipinski definition) is 6. The molecule has 1 aliphatic heterocycles. The van der Waals surface area contributed by atoms with Gasteiger partial charge in [0.2, 0.25) is 0 Å². The molecule has 1 fully saturated rings. The van der Waals surface area contributed by atoms with Gasteiger partial charge in [0.25, 0.3) is 11.7 Å². The molecule has 0 bridgehead atoms. The first-order chi connectivity index (χ1) is 16.4. The molecule has 3 aromatic rings. The third-order valence-electron chi connectivity index (χ3n) is 5.86. The van der Waals surface area contributed by atoms with E-state index in [-0.39, 0.29) is 11.3 Å². The minimum atomic E-state index is -0.859. The van der Waals surface area contributed by atoms with E-state index in [1.54, 1.807) is 42.5 Å². The van der Waals surface area contributed by atoms with Gasteiger partial charge < -0.3 is 14.6 Å². The molecule has 1 atom stereocenters. The van der Waals surface area contributed by atoms with Crippen molar-refractivity contribution in [1.82, 2.24) is 0 Å². The van der Waals surface area contributed by atoms with Crippen molar-refractivity contribution in [1.29, 1.82) is 5.26 Å². The Hall–Kier alpha value is -4.57. The lowest BCUT2D eigenvalue weighted by Gasteiger charge is -2.26. The molecule has 1 aliphatic rings. The van der Waals surface area contributed by atoms with Crippen LogP contribution in [0.15, 0.2) is 72.3 Å². The number of ether oxygens (including phenoxy) is 2. The third-order valence-corrected chi connectivity index (χ3v) is 5.86. The number of nitrogens with zero attached hydrogens (tertiary/aromatic N) is 2. The van der Waals surface area contributed by atoms with E-state index < -0.39 is 17.7 Å². The highest BCUT2D eigenvalue weighted by molar-refractivity contribution is 6.51. The summed E-state index contributed by atoms with van der Waals surface area (Å²) in [5.74, 6) is -1.04. The SMILES string of the molecule is COc1ccc(/C(O)=C2\C(=O)C(=O)N(c3ccc(C#N)cc3)C2c2ccccc2C)cc1OC. The number of nitriles is 1. The van der Waals surface area contributed by atoms with Crippen LogP contribution in [0.5, 0.6) is 11.5 Å². The normalized spacial score (nSPS) is 16.9. The number of rotatable bonds is 5. The van der Waals surface area contributed by atoms with Crippen molar-refractivity contribution < 1.29 is 24.2 Å². The second kappa shape index (κ2) is 9.12. The Balaban J connectivity index is 1.95.